The van der Waals surface area contributed by atoms with Gasteiger partial charge in [-0.25, -0.2) is 0 Å². The van der Waals surface area contributed by atoms with E-state index < -0.39 is 6.10 Å². The molecule has 0 bridgehead atoms. The molecule has 0 heterocycles. The van der Waals surface area contributed by atoms with Gasteiger partial charge in [0, 0.05) is 4.90 Å². The number of thioether (sulfide) groups is 1. The van der Waals surface area contributed by atoms with Crippen molar-refractivity contribution in [1.29, 1.82) is 0 Å². The fraction of sp³-hybridized carbons (Fsp3) is 0.0714. The Hall–Kier alpha value is -3.07. The summed E-state index contributed by atoms with van der Waals surface area (Å²) < 4.78 is 0. The molecular formula is C28H24OS. The summed E-state index contributed by atoms with van der Waals surface area (Å²) in [5, 5.41) is 13.6. The lowest BCUT2D eigenvalue weighted by Crippen LogP contribution is -2.08. The van der Waals surface area contributed by atoms with E-state index in [0.717, 1.165) is 27.1 Å². The molecule has 0 radical (unpaired) electrons. The van der Waals surface area contributed by atoms with E-state index in [2.05, 4.69) is 67.8 Å². The number of aliphatic hydroxyl groups excluding tert-OH is 1. The van der Waals surface area contributed by atoms with Crippen molar-refractivity contribution in [2.75, 3.05) is 0 Å². The lowest BCUT2D eigenvalue weighted by Gasteiger charge is -2.24. The zero-order valence-electron chi connectivity index (χ0n) is 16.7. The molecular weight excluding hydrogens is 384 g/mol. The van der Waals surface area contributed by atoms with E-state index in [0.29, 0.717) is 0 Å². The molecule has 2 heteroatoms. The maximum absolute atomic E-state index is 11.3. The fourth-order valence-corrected chi connectivity index (χ4v) is 4.74. The zero-order valence-corrected chi connectivity index (χ0v) is 17.6. The molecule has 2 unspecified atom stereocenters. The van der Waals surface area contributed by atoms with Crippen LogP contribution in [-0.2, 0) is 0 Å². The summed E-state index contributed by atoms with van der Waals surface area (Å²) in [7, 11) is 0. The summed E-state index contributed by atoms with van der Waals surface area (Å²) in [6, 6.07) is 31.0. The Labute approximate surface area is 182 Å². The van der Waals surface area contributed by atoms with Crippen LogP contribution in [0.3, 0.4) is 0 Å². The summed E-state index contributed by atoms with van der Waals surface area (Å²) in [5.74, 6) is 0. The Morgan fingerprint density at radius 1 is 0.667 bits per heavy atom. The minimum atomic E-state index is -0.644. The predicted molar refractivity (Wildman–Crippen MR) is 131 cm³/mol. The number of aliphatic hydroxyl groups is 1. The molecule has 0 saturated carbocycles. The van der Waals surface area contributed by atoms with Gasteiger partial charge in [-0.2, -0.15) is 0 Å². The van der Waals surface area contributed by atoms with Gasteiger partial charge < -0.3 is 5.11 Å². The highest BCUT2D eigenvalue weighted by atomic mass is 32.2. The van der Waals surface area contributed by atoms with Crippen LogP contribution in [0.15, 0.2) is 109 Å². The van der Waals surface area contributed by atoms with Gasteiger partial charge in [0.15, 0.2) is 0 Å². The van der Waals surface area contributed by atoms with E-state index in [1.165, 1.54) is 10.8 Å². The fourth-order valence-electron chi connectivity index (χ4n) is 3.53. The molecule has 1 N–H and O–H groups in total. The van der Waals surface area contributed by atoms with Crippen LogP contribution >= 0.6 is 11.8 Å². The lowest BCUT2D eigenvalue weighted by molar-refractivity contribution is 0.175. The zero-order chi connectivity index (χ0) is 20.9. The van der Waals surface area contributed by atoms with E-state index >= 15 is 0 Å². The molecule has 4 rings (SSSR count). The van der Waals surface area contributed by atoms with Crippen LogP contribution < -0.4 is 0 Å². The van der Waals surface area contributed by atoms with Crippen LogP contribution in [0.25, 0.3) is 22.9 Å². The largest absolute Gasteiger partial charge is 0.387 e. The van der Waals surface area contributed by atoms with Gasteiger partial charge in [0.1, 0.15) is 0 Å². The molecule has 0 aliphatic rings. The molecule has 0 aromatic heterocycles. The molecule has 0 saturated heterocycles. The second kappa shape index (κ2) is 9.17. The van der Waals surface area contributed by atoms with Gasteiger partial charge in [0.2, 0.25) is 0 Å². The third-order valence-corrected chi connectivity index (χ3v) is 6.60. The number of hydrogen-bond acceptors (Lipinski definition) is 2. The Morgan fingerprint density at radius 2 is 1.23 bits per heavy atom. The van der Waals surface area contributed by atoms with E-state index in [1.807, 2.05) is 48.6 Å². The quantitative estimate of drug-likeness (QED) is 0.316. The van der Waals surface area contributed by atoms with Gasteiger partial charge >= 0.3 is 0 Å². The summed E-state index contributed by atoms with van der Waals surface area (Å²) in [5.41, 5.74) is 4.09. The summed E-state index contributed by atoms with van der Waals surface area (Å²) in [6.45, 7) is 7.65. The van der Waals surface area contributed by atoms with Crippen LogP contribution in [0.1, 0.15) is 33.6 Å². The SMILES string of the molecule is C=Cc1ccc(C(O)C(Sc2ccc3ccccc3c2)c2ccc(C=C)cc2)cc1. The molecule has 4 aromatic carbocycles. The van der Waals surface area contributed by atoms with Crippen molar-refractivity contribution in [1.82, 2.24) is 0 Å². The minimum Gasteiger partial charge on any atom is -0.387 e. The van der Waals surface area contributed by atoms with Gasteiger partial charge in [-0.1, -0.05) is 104 Å². The Balaban J connectivity index is 1.70. The Kier molecular flexibility index (Phi) is 6.18. The second-order valence-electron chi connectivity index (χ2n) is 7.23. The van der Waals surface area contributed by atoms with Crippen molar-refractivity contribution in [2.45, 2.75) is 16.2 Å². The van der Waals surface area contributed by atoms with Crippen molar-refractivity contribution < 1.29 is 5.11 Å². The molecule has 2 atom stereocenters. The van der Waals surface area contributed by atoms with Crippen LogP contribution in [0, 0.1) is 0 Å². The van der Waals surface area contributed by atoms with Crippen LogP contribution in [0.2, 0.25) is 0 Å². The monoisotopic (exact) mass is 408 g/mol. The highest BCUT2D eigenvalue weighted by molar-refractivity contribution is 7.99. The normalized spacial score (nSPS) is 13.0. The van der Waals surface area contributed by atoms with E-state index in [-0.39, 0.29) is 5.25 Å². The van der Waals surface area contributed by atoms with Gasteiger partial charge in [-0.15, -0.1) is 11.8 Å². The number of rotatable bonds is 7. The molecule has 4 aromatic rings. The minimum absolute atomic E-state index is 0.139. The third kappa shape index (κ3) is 4.40. The standard InChI is InChI=1S/C28H24OS/c1-3-20-9-13-23(14-10-20)27(29)28(24-15-11-21(4-2)12-16-24)30-26-18-17-22-7-5-6-8-25(22)19-26/h3-19,27-29H,1-2H2. The number of hydrogen-bond donors (Lipinski definition) is 1. The number of benzene rings is 4. The average Bonchev–Trinajstić information content (AvgIpc) is 2.82. The maximum Gasteiger partial charge on any atom is 0.0952 e. The predicted octanol–water partition coefficient (Wildman–Crippen LogP) is 7.69. The van der Waals surface area contributed by atoms with Crippen LogP contribution in [0.4, 0.5) is 0 Å². The third-order valence-electron chi connectivity index (χ3n) is 5.29. The molecule has 30 heavy (non-hydrogen) atoms. The van der Waals surface area contributed by atoms with Crippen molar-refractivity contribution in [3.63, 3.8) is 0 Å². The maximum atomic E-state index is 11.3. The first-order valence-corrected chi connectivity index (χ1v) is 10.8. The lowest BCUT2D eigenvalue weighted by atomic mass is 9.99. The summed E-state index contributed by atoms with van der Waals surface area (Å²) >= 11 is 1.69. The summed E-state index contributed by atoms with van der Waals surface area (Å²) in [6.07, 6.45) is 3.00. The van der Waals surface area contributed by atoms with Crippen LogP contribution in [0.5, 0.6) is 0 Å². The molecule has 0 aliphatic heterocycles. The van der Waals surface area contributed by atoms with Gasteiger partial charge in [0.25, 0.3) is 0 Å². The van der Waals surface area contributed by atoms with Crippen molar-refractivity contribution >= 4 is 34.7 Å². The Bertz CT molecular complexity index is 1160. The van der Waals surface area contributed by atoms with E-state index in [4.69, 9.17) is 0 Å². The number of fused-ring (bicyclic) bond motifs is 1. The topological polar surface area (TPSA) is 20.2 Å². The molecule has 1 nitrogen and oxygen atoms in total. The highest BCUT2D eigenvalue weighted by Crippen LogP contribution is 2.44. The van der Waals surface area contributed by atoms with Crippen molar-refractivity contribution in [3.05, 3.63) is 126 Å². The van der Waals surface area contributed by atoms with Gasteiger partial charge in [-0.05, 0) is 45.2 Å². The van der Waals surface area contributed by atoms with E-state index in [9.17, 15) is 5.11 Å². The first-order valence-electron chi connectivity index (χ1n) is 9.96. The van der Waals surface area contributed by atoms with Crippen molar-refractivity contribution in [2.24, 2.45) is 0 Å². The molecule has 148 valence electrons. The first-order chi connectivity index (χ1) is 14.7. The molecule has 0 fully saturated rings. The average molecular weight is 409 g/mol. The molecule has 0 aliphatic carbocycles. The van der Waals surface area contributed by atoms with Crippen LogP contribution in [-0.4, -0.2) is 5.11 Å². The smallest absolute Gasteiger partial charge is 0.0952 e. The van der Waals surface area contributed by atoms with Gasteiger partial charge in [-0.3, -0.25) is 0 Å². The molecule has 0 spiro atoms. The summed E-state index contributed by atoms with van der Waals surface area (Å²) in [4.78, 5) is 1.13. The molecule has 0 amide bonds. The first kappa shape index (κ1) is 20.2. The van der Waals surface area contributed by atoms with Gasteiger partial charge in [0.05, 0.1) is 11.4 Å². The van der Waals surface area contributed by atoms with Crippen molar-refractivity contribution in [3.8, 4) is 0 Å². The van der Waals surface area contributed by atoms with E-state index in [1.54, 1.807) is 11.8 Å². The second-order valence-corrected chi connectivity index (χ2v) is 8.45. The highest BCUT2D eigenvalue weighted by Gasteiger charge is 2.24. The Morgan fingerprint density at radius 3 is 1.83 bits per heavy atom.